The molecule has 3 heterocycles. The van der Waals surface area contributed by atoms with Crippen molar-refractivity contribution in [2.45, 2.75) is 18.9 Å². The molecule has 9 nitrogen and oxygen atoms in total. The van der Waals surface area contributed by atoms with Gasteiger partial charge in [-0.25, -0.2) is 14.2 Å². The molecule has 2 amide bonds. The van der Waals surface area contributed by atoms with E-state index in [-0.39, 0.29) is 17.4 Å². The Morgan fingerprint density at radius 1 is 1.41 bits per heavy atom. The maximum absolute atomic E-state index is 14.0. The number of amides is 2. The van der Waals surface area contributed by atoms with E-state index in [1.807, 2.05) is 0 Å². The van der Waals surface area contributed by atoms with Gasteiger partial charge in [-0.1, -0.05) is 0 Å². The van der Waals surface area contributed by atoms with Gasteiger partial charge in [0.2, 0.25) is 0 Å². The highest BCUT2D eigenvalue weighted by Gasteiger charge is 2.26. The average molecular weight is 506 g/mol. The summed E-state index contributed by atoms with van der Waals surface area (Å²) in [6.07, 6.45) is 3.78. The molecule has 4 rings (SSSR count). The van der Waals surface area contributed by atoms with E-state index in [1.54, 1.807) is 12.4 Å². The quantitative estimate of drug-likeness (QED) is 0.416. The molecule has 1 aliphatic heterocycles. The van der Waals surface area contributed by atoms with Crippen molar-refractivity contribution >= 4 is 50.3 Å². The van der Waals surface area contributed by atoms with Crippen LogP contribution in [0.15, 0.2) is 35.1 Å². The van der Waals surface area contributed by atoms with Gasteiger partial charge in [0.25, 0.3) is 5.91 Å². The molecule has 11 heteroatoms. The van der Waals surface area contributed by atoms with Gasteiger partial charge < -0.3 is 30.4 Å². The Balaban J connectivity index is 1.67. The molecule has 0 spiro atoms. The van der Waals surface area contributed by atoms with Crippen LogP contribution in [0.2, 0.25) is 0 Å². The van der Waals surface area contributed by atoms with Crippen LogP contribution in [0.1, 0.15) is 23.2 Å². The Kier molecular flexibility index (Phi) is 6.17. The maximum atomic E-state index is 14.0. The van der Waals surface area contributed by atoms with Gasteiger partial charge in [-0.2, -0.15) is 0 Å². The van der Waals surface area contributed by atoms with E-state index < -0.39 is 17.8 Å². The van der Waals surface area contributed by atoms with Gasteiger partial charge >= 0.3 is 6.09 Å². The van der Waals surface area contributed by atoms with E-state index >= 15 is 0 Å². The number of methoxy groups -OCH3 is 1. The fourth-order valence-corrected chi connectivity index (χ4v) is 4.49. The first-order valence-corrected chi connectivity index (χ1v) is 10.7. The Bertz CT molecular complexity index is 1180. The summed E-state index contributed by atoms with van der Waals surface area (Å²) in [5.41, 5.74) is 1.99. The molecule has 0 radical (unpaired) electrons. The van der Waals surface area contributed by atoms with Gasteiger partial charge in [0.05, 0.1) is 28.3 Å². The van der Waals surface area contributed by atoms with E-state index in [0.29, 0.717) is 27.7 Å². The van der Waals surface area contributed by atoms with Crippen molar-refractivity contribution in [3.05, 3.63) is 46.4 Å². The smallest absolute Gasteiger partial charge is 0.404 e. The third-order valence-electron chi connectivity index (χ3n) is 5.36. The molecular formula is C21H21BrFN5O4. The number of H-pyrrole nitrogens is 1. The van der Waals surface area contributed by atoms with Gasteiger partial charge in [-0.15, -0.1) is 0 Å². The normalized spacial score (nSPS) is 16.1. The highest BCUT2D eigenvalue weighted by atomic mass is 79.9. The van der Waals surface area contributed by atoms with Crippen molar-refractivity contribution in [3.63, 3.8) is 0 Å². The number of rotatable bonds is 5. The molecule has 3 aromatic rings. The first kappa shape index (κ1) is 21.9. The fourth-order valence-electron chi connectivity index (χ4n) is 3.94. The summed E-state index contributed by atoms with van der Waals surface area (Å²) in [4.78, 5) is 33.4. The standard InChI is InChI=1S/C21H21BrFN5O4/c1-32-16-5-4-11(7-14(16)23)20(29)27-15-9-25-19-17(15)18(13(22)8-24-19)28-6-2-3-12(10-28)26-21(30)31/h4-5,7-9,12,26H,2-3,6,10H2,1H3,(H,24,25)(H,27,29)(H,30,31). The van der Waals surface area contributed by atoms with Crippen molar-refractivity contribution in [2.75, 3.05) is 30.4 Å². The lowest BCUT2D eigenvalue weighted by Crippen LogP contribution is -2.47. The zero-order valence-corrected chi connectivity index (χ0v) is 18.7. The Morgan fingerprint density at radius 3 is 2.94 bits per heavy atom. The SMILES string of the molecule is COc1ccc(C(=O)Nc2c[nH]c3ncc(Br)c(N4CCCC(NC(=O)O)C4)c23)cc1F. The topological polar surface area (TPSA) is 120 Å². The number of hydrogen-bond donors (Lipinski definition) is 4. The van der Waals surface area contributed by atoms with Crippen LogP contribution < -0.4 is 20.3 Å². The molecule has 0 aliphatic carbocycles. The van der Waals surface area contributed by atoms with Crippen molar-refractivity contribution < 1.29 is 23.8 Å². The van der Waals surface area contributed by atoms with Gasteiger partial charge in [0.15, 0.2) is 11.6 Å². The van der Waals surface area contributed by atoms with Crippen LogP contribution >= 0.6 is 15.9 Å². The number of carboxylic acid groups (broad SMARTS) is 1. The Labute approximate surface area is 191 Å². The number of benzene rings is 1. The second kappa shape index (κ2) is 9.03. The summed E-state index contributed by atoms with van der Waals surface area (Å²) in [6.45, 7) is 1.20. The van der Waals surface area contributed by atoms with Crippen molar-refractivity contribution in [1.29, 1.82) is 0 Å². The van der Waals surface area contributed by atoms with Crippen molar-refractivity contribution in [1.82, 2.24) is 15.3 Å². The molecule has 4 N–H and O–H groups in total. The zero-order chi connectivity index (χ0) is 22.8. The van der Waals surface area contributed by atoms with Crippen LogP contribution in [0.4, 0.5) is 20.6 Å². The first-order valence-electron chi connectivity index (χ1n) is 9.92. The first-order chi connectivity index (χ1) is 15.4. The van der Waals surface area contributed by atoms with Crippen LogP contribution in [-0.2, 0) is 0 Å². The van der Waals surface area contributed by atoms with E-state index in [0.717, 1.165) is 31.1 Å². The van der Waals surface area contributed by atoms with Crippen molar-refractivity contribution in [3.8, 4) is 5.75 Å². The Hall–Kier alpha value is -3.34. The molecule has 168 valence electrons. The number of ether oxygens (including phenoxy) is 1. The molecule has 1 aromatic carbocycles. The van der Waals surface area contributed by atoms with Gasteiger partial charge in [-0.3, -0.25) is 4.79 Å². The lowest BCUT2D eigenvalue weighted by Gasteiger charge is -2.35. The number of pyridine rings is 1. The molecular weight excluding hydrogens is 485 g/mol. The molecule has 0 saturated carbocycles. The summed E-state index contributed by atoms with van der Waals surface area (Å²) in [7, 11) is 1.35. The third kappa shape index (κ3) is 4.33. The van der Waals surface area contributed by atoms with Crippen LogP contribution in [0.25, 0.3) is 11.0 Å². The number of anilines is 2. The molecule has 1 atom stereocenters. The summed E-state index contributed by atoms with van der Waals surface area (Å²) in [6, 6.07) is 3.78. The molecule has 2 aromatic heterocycles. The maximum Gasteiger partial charge on any atom is 0.404 e. The largest absolute Gasteiger partial charge is 0.494 e. The third-order valence-corrected chi connectivity index (χ3v) is 5.94. The summed E-state index contributed by atoms with van der Waals surface area (Å²) >= 11 is 3.55. The second-order valence-corrected chi connectivity index (χ2v) is 8.27. The number of piperidine rings is 1. The minimum atomic E-state index is -1.06. The molecule has 1 fully saturated rings. The second-order valence-electron chi connectivity index (χ2n) is 7.42. The minimum absolute atomic E-state index is 0.0543. The Morgan fingerprint density at radius 2 is 2.22 bits per heavy atom. The van der Waals surface area contributed by atoms with Gasteiger partial charge in [-0.05, 0) is 47.0 Å². The number of aromatic nitrogens is 2. The summed E-state index contributed by atoms with van der Waals surface area (Å²) in [5, 5.41) is 15.1. The minimum Gasteiger partial charge on any atom is -0.494 e. The predicted octanol–water partition coefficient (Wildman–Crippen LogP) is 3.96. The van der Waals surface area contributed by atoms with Gasteiger partial charge in [0, 0.05) is 37.1 Å². The number of hydrogen-bond acceptors (Lipinski definition) is 5. The molecule has 1 aliphatic rings. The van der Waals surface area contributed by atoms with E-state index in [2.05, 4.69) is 41.4 Å². The van der Waals surface area contributed by atoms with E-state index in [4.69, 9.17) is 9.84 Å². The number of nitrogens with one attached hydrogen (secondary N) is 3. The molecule has 1 unspecified atom stereocenters. The lowest BCUT2D eigenvalue weighted by molar-refractivity contribution is 0.102. The highest BCUT2D eigenvalue weighted by molar-refractivity contribution is 9.10. The fraction of sp³-hybridized carbons (Fsp3) is 0.286. The van der Waals surface area contributed by atoms with E-state index in [9.17, 15) is 14.0 Å². The lowest BCUT2D eigenvalue weighted by atomic mass is 10.0. The number of nitrogens with zero attached hydrogens (tertiary/aromatic N) is 2. The number of aromatic amines is 1. The number of fused-ring (bicyclic) bond motifs is 1. The zero-order valence-electron chi connectivity index (χ0n) is 17.1. The predicted molar refractivity (Wildman–Crippen MR) is 121 cm³/mol. The van der Waals surface area contributed by atoms with Crippen molar-refractivity contribution in [2.24, 2.45) is 0 Å². The number of halogens is 2. The summed E-state index contributed by atoms with van der Waals surface area (Å²) < 4.78 is 19.7. The number of carbonyl (C=O) groups is 2. The van der Waals surface area contributed by atoms with Crippen LogP contribution in [0.3, 0.4) is 0 Å². The monoisotopic (exact) mass is 505 g/mol. The molecule has 0 bridgehead atoms. The average Bonchev–Trinajstić information content (AvgIpc) is 3.16. The van der Waals surface area contributed by atoms with Gasteiger partial charge in [0.1, 0.15) is 5.65 Å². The van der Waals surface area contributed by atoms with Crippen LogP contribution in [-0.4, -0.2) is 53.3 Å². The molecule has 1 saturated heterocycles. The van der Waals surface area contributed by atoms with Crippen LogP contribution in [0.5, 0.6) is 5.75 Å². The van der Waals surface area contributed by atoms with Crippen LogP contribution in [0, 0.1) is 5.82 Å². The number of carbonyl (C=O) groups excluding carboxylic acids is 1. The van der Waals surface area contributed by atoms with E-state index in [1.165, 1.54) is 19.2 Å². The molecule has 32 heavy (non-hydrogen) atoms. The summed E-state index contributed by atoms with van der Waals surface area (Å²) in [5.74, 6) is -1.06. The highest BCUT2D eigenvalue weighted by Crippen LogP contribution is 2.39.